The van der Waals surface area contributed by atoms with Crippen molar-refractivity contribution >= 4 is 33.3 Å². The summed E-state index contributed by atoms with van der Waals surface area (Å²) in [5.74, 6) is -0.516. The average Bonchev–Trinajstić information content (AvgIpc) is 2.95. The van der Waals surface area contributed by atoms with E-state index in [1.165, 1.54) is 47.1 Å². The topological polar surface area (TPSA) is 90.1 Å². The first-order chi connectivity index (χ1) is 12.3. The number of non-ortho nitro benzene ring substituents is 1. The zero-order chi connectivity index (χ0) is 18.8. The van der Waals surface area contributed by atoms with Gasteiger partial charge in [0.15, 0.2) is 0 Å². The minimum atomic E-state index is -0.493. The normalized spacial score (nSPS) is 10.6. The standard InChI is InChI=1S/C17H12BrFN4O3/c1-10-8-16(20-17(24)14-7-2-11(19)9-15(14)18)22(21-10)12-3-5-13(6-4-12)23(25)26/h2-9H,1H3,(H,20,24). The number of carbonyl (C=O) groups is 1. The zero-order valence-electron chi connectivity index (χ0n) is 13.4. The molecule has 0 bridgehead atoms. The molecule has 0 unspecified atom stereocenters. The summed E-state index contributed by atoms with van der Waals surface area (Å²) in [7, 11) is 0. The smallest absolute Gasteiger partial charge is 0.269 e. The van der Waals surface area contributed by atoms with Gasteiger partial charge in [-0.1, -0.05) is 0 Å². The number of amides is 1. The van der Waals surface area contributed by atoms with Crippen LogP contribution in [-0.4, -0.2) is 20.6 Å². The molecular formula is C17H12BrFN4O3. The molecule has 1 amide bonds. The Labute approximate surface area is 155 Å². The van der Waals surface area contributed by atoms with Crippen molar-refractivity contribution in [3.63, 3.8) is 0 Å². The largest absolute Gasteiger partial charge is 0.306 e. The maximum Gasteiger partial charge on any atom is 0.269 e. The first kappa shape index (κ1) is 17.7. The lowest BCUT2D eigenvalue weighted by Gasteiger charge is -2.10. The van der Waals surface area contributed by atoms with E-state index in [4.69, 9.17) is 0 Å². The molecule has 0 fully saturated rings. The van der Waals surface area contributed by atoms with Gasteiger partial charge in [0.25, 0.3) is 11.6 Å². The lowest BCUT2D eigenvalue weighted by atomic mass is 10.2. The summed E-state index contributed by atoms with van der Waals surface area (Å²) in [5.41, 5.74) is 1.42. The number of benzene rings is 2. The van der Waals surface area contributed by atoms with Gasteiger partial charge < -0.3 is 5.32 Å². The third kappa shape index (κ3) is 3.62. The second-order valence-electron chi connectivity index (χ2n) is 5.43. The number of carbonyl (C=O) groups excluding carboxylic acids is 1. The molecular weight excluding hydrogens is 407 g/mol. The molecule has 26 heavy (non-hydrogen) atoms. The number of nitrogens with zero attached hydrogens (tertiary/aromatic N) is 3. The maximum atomic E-state index is 13.2. The number of nitro groups is 1. The Bertz CT molecular complexity index is 1000. The van der Waals surface area contributed by atoms with Crippen LogP contribution in [-0.2, 0) is 0 Å². The van der Waals surface area contributed by atoms with Crippen LogP contribution >= 0.6 is 15.9 Å². The van der Waals surface area contributed by atoms with Crippen LogP contribution < -0.4 is 5.32 Å². The molecule has 3 aromatic rings. The molecule has 1 N–H and O–H groups in total. The number of aromatic nitrogens is 2. The molecule has 2 aromatic carbocycles. The van der Waals surface area contributed by atoms with E-state index in [1.54, 1.807) is 13.0 Å². The van der Waals surface area contributed by atoms with Crippen LogP contribution in [0.1, 0.15) is 16.1 Å². The maximum absolute atomic E-state index is 13.2. The van der Waals surface area contributed by atoms with Crippen molar-refractivity contribution in [1.29, 1.82) is 0 Å². The van der Waals surface area contributed by atoms with Gasteiger partial charge in [0.05, 0.1) is 21.9 Å². The van der Waals surface area contributed by atoms with Crippen molar-refractivity contribution in [3.05, 3.63) is 80.2 Å². The Morgan fingerprint density at radius 2 is 1.92 bits per heavy atom. The molecule has 0 saturated heterocycles. The van der Waals surface area contributed by atoms with Gasteiger partial charge in [0.1, 0.15) is 11.6 Å². The van der Waals surface area contributed by atoms with Gasteiger partial charge >= 0.3 is 0 Å². The highest BCUT2D eigenvalue weighted by molar-refractivity contribution is 9.10. The molecule has 0 aliphatic rings. The van der Waals surface area contributed by atoms with E-state index in [0.717, 1.165) is 0 Å². The summed E-state index contributed by atoms with van der Waals surface area (Å²) in [4.78, 5) is 22.8. The number of hydrogen-bond donors (Lipinski definition) is 1. The number of nitrogens with one attached hydrogen (secondary N) is 1. The van der Waals surface area contributed by atoms with E-state index >= 15 is 0 Å². The van der Waals surface area contributed by atoms with Crippen LogP contribution in [0.5, 0.6) is 0 Å². The Balaban J connectivity index is 1.92. The van der Waals surface area contributed by atoms with Crippen LogP contribution in [0.2, 0.25) is 0 Å². The van der Waals surface area contributed by atoms with Crippen molar-refractivity contribution in [2.24, 2.45) is 0 Å². The van der Waals surface area contributed by atoms with E-state index in [0.29, 0.717) is 21.7 Å². The number of rotatable bonds is 4. The predicted octanol–water partition coefficient (Wildman–Crippen LogP) is 4.24. The number of anilines is 1. The van der Waals surface area contributed by atoms with Crippen LogP contribution in [0.3, 0.4) is 0 Å². The second-order valence-corrected chi connectivity index (χ2v) is 6.29. The Morgan fingerprint density at radius 3 is 2.54 bits per heavy atom. The SMILES string of the molecule is Cc1cc(NC(=O)c2ccc(F)cc2Br)n(-c2ccc([N+](=O)[O-])cc2)n1. The summed E-state index contributed by atoms with van der Waals surface area (Å²) >= 11 is 3.16. The van der Waals surface area contributed by atoms with Gasteiger partial charge in [-0.05, 0) is 53.2 Å². The average molecular weight is 419 g/mol. The molecule has 0 atom stereocenters. The molecule has 0 saturated carbocycles. The van der Waals surface area contributed by atoms with Crippen molar-refractivity contribution in [3.8, 4) is 5.69 Å². The van der Waals surface area contributed by atoms with E-state index < -0.39 is 16.6 Å². The summed E-state index contributed by atoms with van der Waals surface area (Å²) in [6.07, 6.45) is 0. The van der Waals surface area contributed by atoms with Crippen molar-refractivity contribution in [2.75, 3.05) is 5.32 Å². The van der Waals surface area contributed by atoms with Gasteiger partial charge in [0, 0.05) is 22.7 Å². The Kier molecular flexibility index (Phi) is 4.81. The van der Waals surface area contributed by atoms with Crippen LogP contribution in [0.4, 0.5) is 15.9 Å². The first-order valence-corrected chi connectivity index (χ1v) is 8.22. The predicted molar refractivity (Wildman–Crippen MR) is 97.0 cm³/mol. The highest BCUT2D eigenvalue weighted by Gasteiger charge is 2.16. The molecule has 3 rings (SSSR count). The van der Waals surface area contributed by atoms with E-state index in [-0.39, 0.29) is 11.3 Å². The summed E-state index contributed by atoms with van der Waals surface area (Å²) in [6.45, 7) is 1.76. The quantitative estimate of drug-likeness (QED) is 0.506. The third-order valence-electron chi connectivity index (χ3n) is 3.55. The molecule has 132 valence electrons. The molecule has 0 aliphatic carbocycles. The Morgan fingerprint density at radius 1 is 1.23 bits per heavy atom. The van der Waals surface area contributed by atoms with Gasteiger partial charge in [-0.15, -0.1) is 0 Å². The monoisotopic (exact) mass is 418 g/mol. The van der Waals surface area contributed by atoms with Gasteiger partial charge in [-0.3, -0.25) is 14.9 Å². The van der Waals surface area contributed by atoms with E-state index in [9.17, 15) is 19.3 Å². The highest BCUT2D eigenvalue weighted by atomic mass is 79.9. The second kappa shape index (κ2) is 7.04. The number of hydrogen-bond acceptors (Lipinski definition) is 4. The number of aryl methyl sites for hydroxylation is 1. The lowest BCUT2D eigenvalue weighted by molar-refractivity contribution is -0.384. The third-order valence-corrected chi connectivity index (χ3v) is 4.21. The first-order valence-electron chi connectivity index (χ1n) is 7.43. The lowest BCUT2D eigenvalue weighted by Crippen LogP contribution is -2.15. The molecule has 0 spiro atoms. The minimum Gasteiger partial charge on any atom is -0.306 e. The van der Waals surface area contributed by atoms with Crippen molar-refractivity contribution in [1.82, 2.24) is 9.78 Å². The summed E-state index contributed by atoms with van der Waals surface area (Å²) < 4.78 is 15.0. The van der Waals surface area contributed by atoms with Gasteiger partial charge in [0.2, 0.25) is 0 Å². The fourth-order valence-corrected chi connectivity index (χ4v) is 2.89. The fourth-order valence-electron chi connectivity index (χ4n) is 2.36. The van der Waals surface area contributed by atoms with Crippen LogP contribution in [0, 0.1) is 22.9 Å². The van der Waals surface area contributed by atoms with Gasteiger partial charge in [-0.2, -0.15) is 5.10 Å². The highest BCUT2D eigenvalue weighted by Crippen LogP contribution is 2.23. The van der Waals surface area contributed by atoms with Gasteiger partial charge in [-0.25, -0.2) is 9.07 Å². The molecule has 0 radical (unpaired) electrons. The zero-order valence-corrected chi connectivity index (χ0v) is 15.0. The fraction of sp³-hybridized carbons (Fsp3) is 0.0588. The van der Waals surface area contributed by atoms with E-state index in [2.05, 4.69) is 26.3 Å². The molecule has 1 aromatic heterocycles. The molecule has 0 aliphatic heterocycles. The van der Waals surface area contributed by atoms with Crippen molar-refractivity contribution < 1.29 is 14.1 Å². The summed E-state index contributed by atoms with van der Waals surface area (Å²) in [5, 5.41) is 17.8. The summed E-state index contributed by atoms with van der Waals surface area (Å²) in [6, 6.07) is 11.2. The number of halogens is 2. The molecule has 7 nitrogen and oxygen atoms in total. The molecule has 1 heterocycles. The van der Waals surface area contributed by atoms with Crippen LogP contribution in [0.25, 0.3) is 5.69 Å². The molecule has 9 heteroatoms. The van der Waals surface area contributed by atoms with Crippen LogP contribution in [0.15, 0.2) is 53.0 Å². The van der Waals surface area contributed by atoms with E-state index in [1.807, 2.05) is 0 Å². The Hall–Kier alpha value is -3.07. The minimum absolute atomic E-state index is 0.0431. The van der Waals surface area contributed by atoms with Crippen molar-refractivity contribution in [2.45, 2.75) is 6.92 Å². The number of nitro benzene ring substituents is 1.